The number of carbonyl (C=O) groups is 2. The number of nitrogens with two attached hydrogens (primary N) is 1. The maximum Gasteiger partial charge on any atom is 0.252 e. The highest BCUT2D eigenvalue weighted by Gasteiger charge is 2.35. The molecule has 0 saturated carbocycles. The maximum atomic E-state index is 11.5. The van der Waals surface area contributed by atoms with Crippen molar-refractivity contribution in [2.24, 2.45) is 11.7 Å². The molecule has 1 aromatic rings. The molecule has 15 heavy (non-hydrogen) atoms. The van der Waals surface area contributed by atoms with Crippen LogP contribution in [0.2, 0.25) is 0 Å². The van der Waals surface area contributed by atoms with E-state index < -0.39 is 11.8 Å². The van der Waals surface area contributed by atoms with Crippen LogP contribution in [0.25, 0.3) is 0 Å². The molecule has 2 N–H and O–H groups in total. The Morgan fingerprint density at radius 2 is 2.33 bits per heavy atom. The lowest BCUT2D eigenvalue weighted by molar-refractivity contribution is -0.123. The van der Waals surface area contributed by atoms with E-state index in [2.05, 4.69) is 15.2 Å². The normalized spacial score (nSPS) is 20.7. The molecule has 0 spiro atoms. The van der Waals surface area contributed by atoms with Crippen molar-refractivity contribution in [2.75, 3.05) is 11.4 Å². The average Bonchev–Trinajstić information content (AvgIpc) is 2.62. The van der Waals surface area contributed by atoms with Crippen LogP contribution in [0, 0.1) is 5.92 Å². The van der Waals surface area contributed by atoms with E-state index in [1.807, 2.05) is 0 Å². The number of hydrogen-bond acceptors (Lipinski definition) is 5. The molecule has 0 bridgehead atoms. The fraction of sp³-hybridized carbons (Fsp3) is 0.375. The molecule has 7 nitrogen and oxygen atoms in total. The van der Waals surface area contributed by atoms with Gasteiger partial charge < -0.3 is 5.73 Å². The van der Waals surface area contributed by atoms with E-state index in [0.29, 0.717) is 0 Å². The van der Waals surface area contributed by atoms with Crippen LogP contribution < -0.4 is 10.6 Å². The summed E-state index contributed by atoms with van der Waals surface area (Å²) in [6.45, 7) is 0.236. The zero-order valence-electron chi connectivity index (χ0n) is 7.83. The highest BCUT2D eigenvalue weighted by molar-refractivity contribution is 5.98. The second-order valence-electron chi connectivity index (χ2n) is 3.25. The summed E-state index contributed by atoms with van der Waals surface area (Å²) in [6.07, 6.45) is 2.97. The van der Waals surface area contributed by atoms with Crippen molar-refractivity contribution in [3.63, 3.8) is 0 Å². The van der Waals surface area contributed by atoms with Gasteiger partial charge in [0.2, 0.25) is 11.8 Å². The van der Waals surface area contributed by atoms with Gasteiger partial charge in [-0.15, -0.1) is 5.10 Å². The molecule has 1 aliphatic rings. The molecule has 2 heterocycles. The van der Waals surface area contributed by atoms with Gasteiger partial charge in [0.05, 0.1) is 18.3 Å². The molecule has 7 heteroatoms. The minimum Gasteiger partial charge on any atom is -0.369 e. The molecule has 0 aromatic carbocycles. The minimum atomic E-state index is -0.477. The van der Waals surface area contributed by atoms with E-state index in [1.165, 1.54) is 17.3 Å². The van der Waals surface area contributed by atoms with E-state index in [1.54, 1.807) is 0 Å². The van der Waals surface area contributed by atoms with E-state index >= 15 is 0 Å². The number of amides is 2. The quantitative estimate of drug-likeness (QED) is 0.650. The van der Waals surface area contributed by atoms with Gasteiger partial charge in [-0.2, -0.15) is 5.10 Å². The molecule has 0 radical (unpaired) electrons. The Morgan fingerprint density at radius 3 is 2.87 bits per heavy atom. The Labute approximate surface area is 85.3 Å². The van der Waals surface area contributed by atoms with E-state index in [-0.39, 0.29) is 24.8 Å². The van der Waals surface area contributed by atoms with Gasteiger partial charge in [0, 0.05) is 13.0 Å². The number of aromatic nitrogens is 3. The summed E-state index contributed by atoms with van der Waals surface area (Å²) in [5.41, 5.74) is 5.13. The number of hydrogen-bond donors (Lipinski definition) is 1. The zero-order chi connectivity index (χ0) is 10.8. The van der Waals surface area contributed by atoms with Crippen LogP contribution >= 0.6 is 0 Å². The third kappa shape index (κ3) is 1.76. The van der Waals surface area contributed by atoms with E-state index in [0.717, 1.165) is 0 Å². The highest BCUT2D eigenvalue weighted by atomic mass is 16.2. The second-order valence-corrected chi connectivity index (χ2v) is 3.25. The molecule has 1 atom stereocenters. The minimum absolute atomic E-state index is 0.119. The summed E-state index contributed by atoms with van der Waals surface area (Å²) in [7, 11) is 0. The third-order valence-corrected chi connectivity index (χ3v) is 2.24. The molecule has 78 valence electrons. The third-order valence-electron chi connectivity index (χ3n) is 2.24. The Kier molecular flexibility index (Phi) is 2.28. The van der Waals surface area contributed by atoms with Crippen molar-refractivity contribution in [3.05, 3.63) is 12.4 Å². The molecule has 1 saturated heterocycles. The number of primary amides is 1. The van der Waals surface area contributed by atoms with Crippen molar-refractivity contribution >= 4 is 17.8 Å². The Hall–Kier alpha value is -2.05. The van der Waals surface area contributed by atoms with Gasteiger partial charge in [-0.1, -0.05) is 0 Å². The van der Waals surface area contributed by atoms with Crippen LogP contribution in [0.15, 0.2) is 12.4 Å². The first-order valence-corrected chi connectivity index (χ1v) is 4.42. The molecule has 2 amide bonds. The fourth-order valence-electron chi connectivity index (χ4n) is 1.46. The summed E-state index contributed by atoms with van der Waals surface area (Å²) in [4.78, 5) is 27.6. The molecule has 1 aromatic heterocycles. The van der Waals surface area contributed by atoms with Gasteiger partial charge in [0.1, 0.15) is 0 Å². The number of nitrogens with zero attached hydrogens (tertiary/aromatic N) is 4. The molecule has 1 unspecified atom stereocenters. The van der Waals surface area contributed by atoms with Gasteiger partial charge in [-0.05, 0) is 0 Å². The Bertz CT molecular complexity index is 393. The lowest BCUT2D eigenvalue weighted by Crippen LogP contribution is -2.29. The zero-order valence-corrected chi connectivity index (χ0v) is 7.83. The van der Waals surface area contributed by atoms with Crippen molar-refractivity contribution < 1.29 is 9.59 Å². The van der Waals surface area contributed by atoms with Gasteiger partial charge in [-0.3, -0.25) is 14.5 Å². The van der Waals surface area contributed by atoms with Crippen molar-refractivity contribution in [3.8, 4) is 0 Å². The van der Waals surface area contributed by atoms with Gasteiger partial charge >= 0.3 is 0 Å². The first-order valence-electron chi connectivity index (χ1n) is 4.42. The van der Waals surface area contributed by atoms with Crippen LogP contribution in [-0.2, 0) is 9.59 Å². The molecule has 1 aliphatic heterocycles. The lowest BCUT2D eigenvalue weighted by Gasteiger charge is -2.11. The molecular formula is C8H9N5O2. The first-order chi connectivity index (χ1) is 7.18. The lowest BCUT2D eigenvalue weighted by atomic mass is 10.1. The summed E-state index contributed by atoms with van der Waals surface area (Å²) in [5, 5.41) is 7.31. The Morgan fingerprint density at radius 1 is 1.53 bits per heavy atom. The Balaban J connectivity index is 2.19. The summed E-state index contributed by atoms with van der Waals surface area (Å²) in [6, 6.07) is 0. The number of anilines is 1. The van der Waals surface area contributed by atoms with Crippen LogP contribution in [0.4, 0.5) is 5.95 Å². The standard InChI is InChI=1S/C8H9N5O2/c9-7(15)5-3-6(14)13(4-5)8-10-1-2-11-12-8/h1-2,5H,3-4H2,(H2,9,15). The van der Waals surface area contributed by atoms with Gasteiger partial charge in [0.15, 0.2) is 0 Å². The average molecular weight is 207 g/mol. The smallest absolute Gasteiger partial charge is 0.252 e. The van der Waals surface area contributed by atoms with Crippen molar-refractivity contribution in [1.29, 1.82) is 0 Å². The van der Waals surface area contributed by atoms with E-state index in [9.17, 15) is 9.59 Å². The van der Waals surface area contributed by atoms with Crippen molar-refractivity contribution in [2.45, 2.75) is 6.42 Å². The number of carbonyl (C=O) groups excluding carboxylic acids is 2. The molecule has 2 rings (SSSR count). The fourth-order valence-corrected chi connectivity index (χ4v) is 1.46. The molecule has 1 fully saturated rings. The van der Waals surface area contributed by atoms with Crippen LogP contribution in [0.5, 0.6) is 0 Å². The number of rotatable bonds is 2. The predicted octanol–water partition coefficient (Wildman–Crippen LogP) is -1.29. The van der Waals surface area contributed by atoms with Crippen LogP contribution in [0.3, 0.4) is 0 Å². The maximum absolute atomic E-state index is 11.5. The topological polar surface area (TPSA) is 102 Å². The predicted molar refractivity (Wildman–Crippen MR) is 49.5 cm³/mol. The SMILES string of the molecule is NC(=O)C1CC(=O)N(c2nccnn2)C1. The summed E-state index contributed by atoms with van der Waals surface area (Å²) in [5.74, 6) is -0.922. The second kappa shape index (κ2) is 3.60. The summed E-state index contributed by atoms with van der Waals surface area (Å²) >= 11 is 0. The van der Waals surface area contributed by atoms with Gasteiger partial charge in [0.25, 0.3) is 5.95 Å². The van der Waals surface area contributed by atoms with Crippen LogP contribution in [0.1, 0.15) is 6.42 Å². The van der Waals surface area contributed by atoms with Crippen LogP contribution in [-0.4, -0.2) is 33.5 Å². The first kappa shape index (κ1) is 9.50. The largest absolute Gasteiger partial charge is 0.369 e. The molecular weight excluding hydrogens is 198 g/mol. The van der Waals surface area contributed by atoms with E-state index in [4.69, 9.17) is 5.73 Å². The molecule has 0 aliphatic carbocycles. The summed E-state index contributed by atoms with van der Waals surface area (Å²) < 4.78 is 0. The highest BCUT2D eigenvalue weighted by Crippen LogP contribution is 2.20. The van der Waals surface area contributed by atoms with Crippen molar-refractivity contribution in [1.82, 2.24) is 15.2 Å². The van der Waals surface area contributed by atoms with Gasteiger partial charge in [-0.25, -0.2) is 4.98 Å². The monoisotopic (exact) mass is 207 g/mol.